The third kappa shape index (κ3) is 5.72. The molecule has 6 rings (SSSR count). The number of morpholine rings is 1. The van der Waals surface area contributed by atoms with Gasteiger partial charge in [0.25, 0.3) is 0 Å². The summed E-state index contributed by atoms with van der Waals surface area (Å²) in [4.78, 5) is 19.9. The van der Waals surface area contributed by atoms with E-state index in [0.29, 0.717) is 75.6 Å². The molecule has 216 valence electrons. The molecule has 0 bridgehead atoms. The van der Waals surface area contributed by atoms with Crippen molar-refractivity contribution in [3.8, 4) is 11.1 Å². The van der Waals surface area contributed by atoms with Crippen LogP contribution in [-0.4, -0.2) is 69.3 Å². The van der Waals surface area contributed by atoms with Crippen LogP contribution in [-0.2, 0) is 16.3 Å². The number of anilines is 5. The maximum Gasteiger partial charge on any atom is 0.229 e. The van der Waals surface area contributed by atoms with Gasteiger partial charge in [-0.15, -0.1) is 0 Å². The van der Waals surface area contributed by atoms with Crippen molar-refractivity contribution >= 4 is 68.2 Å². The van der Waals surface area contributed by atoms with Gasteiger partial charge in [0.2, 0.25) is 5.95 Å². The van der Waals surface area contributed by atoms with Crippen LogP contribution in [0.4, 0.5) is 33.2 Å². The van der Waals surface area contributed by atoms with Crippen LogP contribution in [0.3, 0.4) is 0 Å². The summed E-state index contributed by atoms with van der Waals surface area (Å²) in [6.45, 7) is 5.49. The van der Waals surface area contributed by atoms with E-state index in [9.17, 15) is 4.57 Å². The van der Waals surface area contributed by atoms with E-state index in [0.717, 1.165) is 5.56 Å². The second kappa shape index (κ2) is 11.4. The van der Waals surface area contributed by atoms with Gasteiger partial charge < -0.3 is 24.8 Å². The zero-order valence-corrected chi connectivity index (χ0v) is 25.7. The summed E-state index contributed by atoms with van der Waals surface area (Å²) < 4.78 is 36.9. The van der Waals surface area contributed by atoms with E-state index in [2.05, 4.69) is 46.6 Å². The zero-order chi connectivity index (χ0) is 29.4. The highest BCUT2D eigenvalue weighted by molar-refractivity contribution is 9.10. The number of nitrogens with zero attached hydrogens (tertiary/aromatic N) is 7. The van der Waals surface area contributed by atoms with E-state index in [-0.39, 0.29) is 11.8 Å². The molecule has 1 fully saturated rings. The second-order valence-corrected chi connectivity index (χ2v) is 14.2. The number of rotatable bonds is 7. The predicted molar refractivity (Wildman–Crippen MR) is 167 cm³/mol. The van der Waals surface area contributed by atoms with Crippen LogP contribution in [0.2, 0.25) is 0 Å². The summed E-state index contributed by atoms with van der Waals surface area (Å²) in [7, 11) is -0.970. The minimum Gasteiger partial charge on any atom is -0.378 e. The summed E-state index contributed by atoms with van der Waals surface area (Å²) in [5, 5.41) is 11.4. The molecule has 1 aliphatic heterocycles. The molecule has 0 spiro atoms. The first-order chi connectivity index (χ1) is 20.2. The van der Waals surface area contributed by atoms with Crippen LogP contribution in [0, 0.1) is 5.82 Å². The molecule has 14 heteroatoms. The SMILES string of the molecule is Cn1cc(-c2cc(F)c(N3CCOCC3)c(Nc3ncc(Br)c(Nc4ccc5nccnc5c4P(C)(C)=O)n3)c2)cn1. The molecule has 42 heavy (non-hydrogen) atoms. The van der Waals surface area contributed by atoms with Crippen molar-refractivity contribution in [1.29, 1.82) is 0 Å². The molecule has 1 saturated heterocycles. The molecule has 2 aromatic carbocycles. The summed E-state index contributed by atoms with van der Waals surface area (Å²) in [6, 6.07) is 7.02. The van der Waals surface area contributed by atoms with Crippen molar-refractivity contribution in [2.45, 2.75) is 0 Å². The molecule has 0 amide bonds. The number of hydrogen-bond acceptors (Lipinski definition) is 10. The molecule has 5 aromatic rings. The highest BCUT2D eigenvalue weighted by atomic mass is 79.9. The highest BCUT2D eigenvalue weighted by Gasteiger charge is 2.24. The Balaban J connectivity index is 1.40. The van der Waals surface area contributed by atoms with Gasteiger partial charge in [-0.1, -0.05) is 0 Å². The fourth-order valence-corrected chi connectivity index (χ4v) is 6.65. The molecule has 4 heterocycles. The Morgan fingerprint density at radius 1 is 1.00 bits per heavy atom. The maximum absolute atomic E-state index is 15.8. The van der Waals surface area contributed by atoms with Gasteiger partial charge in [-0.2, -0.15) is 10.1 Å². The standard InChI is InChI=1S/C28H28BrFN9O2P/c1-38-16-18(14-34-38)17-12-20(30)25(39-8-10-41-11-9-39)23(13-17)36-28-33-15-19(29)27(37-28)35-22-5-4-21-24(32-7-6-31-21)26(22)42(2,3)40/h4-7,12-16H,8-11H2,1-3H3,(H2,33,35,36,37). The van der Waals surface area contributed by atoms with Crippen molar-refractivity contribution in [3.63, 3.8) is 0 Å². The third-order valence-electron chi connectivity index (χ3n) is 6.82. The highest BCUT2D eigenvalue weighted by Crippen LogP contribution is 2.41. The third-order valence-corrected chi connectivity index (χ3v) is 8.93. The van der Waals surface area contributed by atoms with Crippen LogP contribution in [0.1, 0.15) is 0 Å². The quantitative estimate of drug-likeness (QED) is 0.224. The molecule has 11 nitrogen and oxygen atoms in total. The normalized spacial score (nSPS) is 13.9. The average molecular weight is 652 g/mol. The number of aryl methyl sites for hydroxylation is 1. The molecule has 0 aliphatic carbocycles. The van der Waals surface area contributed by atoms with Crippen molar-refractivity contribution in [3.05, 3.63) is 65.5 Å². The number of fused-ring (bicyclic) bond motifs is 1. The first kappa shape index (κ1) is 28.2. The lowest BCUT2D eigenvalue weighted by Crippen LogP contribution is -2.37. The van der Waals surface area contributed by atoms with Crippen LogP contribution in [0.5, 0.6) is 0 Å². The lowest BCUT2D eigenvalue weighted by Gasteiger charge is -2.31. The molecule has 0 unspecified atom stereocenters. The van der Waals surface area contributed by atoms with E-state index in [1.807, 2.05) is 36.3 Å². The topological polar surface area (TPSA) is 123 Å². The Morgan fingerprint density at radius 3 is 2.52 bits per heavy atom. The Hall–Kier alpha value is -3.93. The molecular formula is C28H28BrFN9O2P. The number of ether oxygens (including phenoxy) is 1. The van der Waals surface area contributed by atoms with Gasteiger partial charge >= 0.3 is 0 Å². The van der Waals surface area contributed by atoms with Crippen molar-refractivity contribution in [2.24, 2.45) is 7.05 Å². The molecule has 3 aromatic heterocycles. The smallest absolute Gasteiger partial charge is 0.229 e. The van der Waals surface area contributed by atoms with Crippen molar-refractivity contribution in [2.75, 3.05) is 55.2 Å². The minimum absolute atomic E-state index is 0.247. The summed E-state index contributed by atoms with van der Waals surface area (Å²) in [5.41, 5.74) is 4.19. The summed E-state index contributed by atoms with van der Waals surface area (Å²) in [5.74, 6) is 0.304. The van der Waals surface area contributed by atoms with E-state index in [1.165, 1.54) is 6.07 Å². The van der Waals surface area contributed by atoms with Gasteiger partial charge in [0.15, 0.2) is 0 Å². The van der Waals surface area contributed by atoms with E-state index in [1.54, 1.807) is 42.8 Å². The van der Waals surface area contributed by atoms with E-state index >= 15 is 4.39 Å². The first-order valence-corrected chi connectivity index (χ1v) is 16.6. The van der Waals surface area contributed by atoms with Crippen LogP contribution in [0.15, 0.2) is 59.7 Å². The van der Waals surface area contributed by atoms with Crippen LogP contribution < -0.4 is 20.8 Å². The van der Waals surface area contributed by atoms with Gasteiger partial charge in [-0.25, -0.2) is 9.37 Å². The lowest BCUT2D eigenvalue weighted by atomic mass is 10.1. The van der Waals surface area contributed by atoms with Crippen molar-refractivity contribution < 1.29 is 13.7 Å². The van der Waals surface area contributed by atoms with Crippen LogP contribution in [0.25, 0.3) is 22.2 Å². The van der Waals surface area contributed by atoms with Gasteiger partial charge in [-0.05, 0) is 59.1 Å². The maximum atomic E-state index is 15.8. The summed E-state index contributed by atoms with van der Waals surface area (Å²) in [6.07, 6.45) is 8.31. The molecule has 0 atom stereocenters. The lowest BCUT2D eigenvalue weighted by molar-refractivity contribution is 0.122. The monoisotopic (exact) mass is 651 g/mol. The molecular weight excluding hydrogens is 624 g/mol. The summed E-state index contributed by atoms with van der Waals surface area (Å²) >= 11 is 3.53. The molecule has 0 radical (unpaired) electrons. The molecule has 0 saturated carbocycles. The molecule has 1 aliphatic rings. The predicted octanol–water partition coefficient (Wildman–Crippen LogP) is 5.29. The average Bonchev–Trinajstić information content (AvgIpc) is 3.40. The van der Waals surface area contributed by atoms with Gasteiger partial charge in [0.05, 0.1) is 51.8 Å². The van der Waals surface area contributed by atoms with Crippen LogP contribution >= 0.6 is 23.1 Å². The fourth-order valence-electron chi connectivity index (χ4n) is 4.97. The number of halogens is 2. The Bertz CT molecular complexity index is 1840. The molecule has 2 N–H and O–H groups in total. The van der Waals surface area contributed by atoms with Crippen molar-refractivity contribution in [1.82, 2.24) is 29.7 Å². The van der Waals surface area contributed by atoms with Gasteiger partial charge in [0.1, 0.15) is 24.3 Å². The fraction of sp³-hybridized carbons (Fsp3) is 0.250. The number of nitrogens with one attached hydrogen (secondary N) is 2. The largest absolute Gasteiger partial charge is 0.378 e. The minimum atomic E-state index is -2.78. The van der Waals surface area contributed by atoms with Gasteiger partial charge in [-0.3, -0.25) is 14.6 Å². The number of hydrogen-bond donors (Lipinski definition) is 2. The zero-order valence-electron chi connectivity index (χ0n) is 23.2. The Morgan fingerprint density at radius 2 is 1.79 bits per heavy atom. The second-order valence-electron chi connectivity index (χ2n) is 10.2. The van der Waals surface area contributed by atoms with E-state index in [4.69, 9.17) is 9.72 Å². The Kier molecular flexibility index (Phi) is 7.65. The Labute approximate surface area is 250 Å². The number of benzene rings is 2. The van der Waals surface area contributed by atoms with Gasteiger partial charge in [0, 0.05) is 50.5 Å². The first-order valence-electron chi connectivity index (χ1n) is 13.2. The van der Waals surface area contributed by atoms with E-state index < -0.39 is 7.14 Å². The number of aromatic nitrogens is 6.